The number of Topliss-reactive ketones (excluding diaryl/α,β-unsaturated/α-hetero) is 2. The lowest BCUT2D eigenvalue weighted by molar-refractivity contribution is -0.166. The third kappa shape index (κ3) is 3.87. The standard InChI is InChI=1S/C30H28N2O10/c1-32(2)22-21-24(35)18-15(11-12-7-9-13(10-8-12)29(40)42-3)14-5-4-6-16(33)17(14)23(34)19(18)26(37)30(21,41)27(38)20(25(22)36)28(31)39/h4-11,18,21-22,24,33-35,38,41H,1-3H3,(H2,31,39)/b15-11+/t18-,21-,22+,24+,30+/m0/s1. The molecule has 2 aromatic rings. The van der Waals surface area contributed by atoms with Crippen LogP contribution >= 0.6 is 0 Å². The summed E-state index contributed by atoms with van der Waals surface area (Å²) in [6.45, 7) is 0. The van der Waals surface area contributed by atoms with Crippen LogP contribution in [0, 0.1) is 11.8 Å². The van der Waals surface area contributed by atoms with E-state index in [-0.39, 0.29) is 22.3 Å². The molecule has 0 bridgehead atoms. The Bertz CT molecular complexity index is 1650. The molecule has 1 saturated carbocycles. The Morgan fingerprint density at radius 3 is 2.26 bits per heavy atom. The van der Waals surface area contributed by atoms with Crippen LogP contribution in [0.3, 0.4) is 0 Å². The number of hydrogen-bond acceptors (Lipinski definition) is 11. The number of amides is 1. The van der Waals surface area contributed by atoms with Crippen molar-refractivity contribution < 1.29 is 49.4 Å². The van der Waals surface area contributed by atoms with Gasteiger partial charge >= 0.3 is 5.97 Å². The Hall–Kier alpha value is -4.78. The molecule has 12 nitrogen and oxygen atoms in total. The highest BCUT2D eigenvalue weighted by molar-refractivity contribution is 6.25. The maximum absolute atomic E-state index is 14.2. The molecule has 0 unspecified atom stereocenters. The lowest BCUT2D eigenvalue weighted by Crippen LogP contribution is -2.70. The summed E-state index contributed by atoms with van der Waals surface area (Å²) in [5.74, 6) is -9.80. The zero-order valence-electron chi connectivity index (χ0n) is 22.7. The summed E-state index contributed by atoms with van der Waals surface area (Å²) in [6, 6.07) is 8.97. The number of esters is 1. The van der Waals surface area contributed by atoms with Crippen molar-refractivity contribution in [2.45, 2.75) is 17.7 Å². The average Bonchev–Trinajstić information content (AvgIpc) is 2.94. The Kier molecular flexibility index (Phi) is 6.80. The van der Waals surface area contributed by atoms with Crippen molar-refractivity contribution >= 4 is 40.9 Å². The smallest absolute Gasteiger partial charge is 0.337 e. The molecule has 218 valence electrons. The number of rotatable bonds is 4. The maximum Gasteiger partial charge on any atom is 0.337 e. The molecule has 7 N–H and O–H groups in total. The van der Waals surface area contributed by atoms with E-state index in [9.17, 15) is 44.7 Å². The molecule has 1 amide bonds. The van der Waals surface area contributed by atoms with Gasteiger partial charge < -0.3 is 36.0 Å². The first kappa shape index (κ1) is 28.7. The zero-order valence-corrected chi connectivity index (χ0v) is 22.7. The Labute approximate surface area is 239 Å². The van der Waals surface area contributed by atoms with E-state index in [0.29, 0.717) is 5.56 Å². The van der Waals surface area contributed by atoms with Gasteiger partial charge in [0.2, 0.25) is 5.78 Å². The fraction of sp³-hybridized carbons (Fsp3) is 0.267. The molecular weight excluding hydrogens is 548 g/mol. The number of nitrogens with two attached hydrogens (primary N) is 1. The van der Waals surface area contributed by atoms with Gasteiger partial charge in [-0.2, -0.15) is 0 Å². The summed E-state index contributed by atoms with van der Waals surface area (Å²) in [4.78, 5) is 52.9. The zero-order chi connectivity index (χ0) is 30.8. The molecule has 0 aromatic heterocycles. The number of carbonyl (C=O) groups is 4. The Balaban J connectivity index is 1.81. The number of likely N-dealkylation sites (N-methyl/N-ethyl adjacent to an activating group) is 1. The quantitative estimate of drug-likeness (QED) is 0.221. The monoisotopic (exact) mass is 576 g/mol. The number of ether oxygens (including phenoxy) is 1. The number of hydrogen-bond donors (Lipinski definition) is 6. The Morgan fingerprint density at radius 1 is 1.05 bits per heavy atom. The van der Waals surface area contributed by atoms with Crippen molar-refractivity contribution in [1.82, 2.24) is 4.90 Å². The highest BCUT2D eigenvalue weighted by Crippen LogP contribution is 2.56. The first-order valence-electron chi connectivity index (χ1n) is 12.8. The highest BCUT2D eigenvalue weighted by Gasteiger charge is 2.68. The molecule has 0 aliphatic heterocycles. The van der Waals surface area contributed by atoms with E-state index >= 15 is 0 Å². The number of benzene rings is 2. The lowest BCUT2D eigenvalue weighted by atomic mass is 9.55. The second kappa shape index (κ2) is 9.94. The van der Waals surface area contributed by atoms with Crippen LogP contribution in [0.1, 0.15) is 27.0 Å². The topological polar surface area (TPSA) is 208 Å². The van der Waals surface area contributed by atoms with Crippen molar-refractivity contribution in [2.75, 3.05) is 21.2 Å². The van der Waals surface area contributed by atoms with Gasteiger partial charge in [0.1, 0.15) is 22.8 Å². The van der Waals surface area contributed by atoms with Gasteiger partial charge in [-0.1, -0.05) is 30.3 Å². The van der Waals surface area contributed by atoms with Crippen molar-refractivity contribution in [3.63, 3.8) is 0 Å². The Morgan fingerprint density at radius 2 is 1.69 bits per heavy atom. The van der Waals surface area contributed by atoms with Gasteiger partial charge in [-0.25, -0.2) is 4.79 Å². The fourth-order valence-electron chi connectivity index (χ4n) is 6.32. The van der Waals surface area contributed by atoms with E-state index in [4.69, 9.17) is 10.5 Å². The number of fused-ring (bicyclic) bond motifs is 3. The number of aromatic hydroxyl groups is 1. The van der Waals surface area contributed by atoms with Gasteiger partial charge in [0, 0.05) is 5.92 Å². The number of aliphatic hydroxyl groups is 4. The number of phenolic OH excluding ortho intramolecular Hbond substituents is 1. The van der Waals surface area contributed by atoms with E-state index in [0.717, 1.165) is 0 Å². The third-order valence-corrected chi connectivity index (χ3v) is 8.18. The predicted molar refractivity (Wildman–Crippen MR) is 148 cm³/mol. The molecule has 0 heterocycles. The van der Waals surface area contributed by atoms with E-state index in [2.05, 4.69) is 0 Å². The molecule has 42 heavy (non-hydrogen) atoms. The molecule has 0 spiro atoms. The summed E-state index contributed by atoms with van der Waals surface area (Å²) in [5.41, 5.74) is 1.85. The fourth-order valence-corrected chi connectivity index (χ4v) is 6.32. The second-order valence-corrected chi connectivity index (χ2v) is 10.6. The normalized spacial score (nSPS) is 28.0. The van der Waals surface area contributed by atoms with Crippen LogP contribution in [0.25, 0.3) is 17.4 Å². The molecule has 12 heteroatoms. The molecule has 1 fully saturated rings. The summed E-state index contributed by atoms with van der Waals surface area (Å²) >= 11 is 0. The molecule has 5 atom stereocenters. The average molecular weight is 577 g/mol. The highest BCUT2D eigenvalue weighted by atomic mass is 16.5. The third-order valence-electron chi connectivity index (χ3n) is 8.18. The van der Waals surface area contributed by atoms with Crippen LogP contribution in [0.5, 0.6) is 5.75 Å². The number of aliphatic hydroxyl groups excluding tert-OH is 3. The van der Waals surface area contributed by atoms with Crippen LogP contribution in [0.2, 0.25) is 0 Å². The van der Waals surface area contributed by atoms with Gasteiger partial charge in [-0.3, -0.25) is 19.3 Å². The van der Waals surface area contributed by atoms with E-state index in [1.807, 2.05) is 0 Å². The molecule has 3 aliphatic carbocycles. The van der Waals surface area contributed by atoms with E-state index in [1.54, 1.807) is 24.3 Å². The number of phenols is 1. The maximum atomic E-state index is 14.2. The SMILES string of the molecule is COC(=O)c1ccc(/C=C2\c3cccc(O)c3C(O)=C3C(=O)[C@@]4(O)C(O)=C(C(N)=O)C(=O)[C@H](N(C)C)[C@H]4[C@H](O)[C@H]32)cc1. The first-order chi connectivity index (χ1) is 19.8. The minimum atomic E-state index is -3.03. The summed E-state index contributed by atoms with van der Waals surface area (Å²) in [6.07, 6.45) is -0.231. The van der Waals surface area contributed by atoms with Gasteiger partial charge in [0.05, 0.1) is 41.9 Å². The summed E-state index contributed by atoms with van der Waals surface area (Å²) in [5, 5.41) is 56.8. The minimum absolute atomic E-state index is 0.168. The van der Waals surface area contributed by atoms with Crippen LogP contribution in [0.4, 0.5) is 0 Å². The van der Waals surface area contributed by atoms with Crippen LogP contribution in [-0.4, -0.2) is 92.8 Å². The van der Waals surface area contributed by atoms with Crippen LogP contribution < -0.4 is 5.73 Å². The molecular formula is C30H28N2O10. The van der Waals surface area contributed by atoms with Gasteiger partial charge in [0.15, 0.2) is 11.4 Å². The van der Waals surface area contributed by atoms with Crippen molar-refractivity contribution in [1.29, 1.82) is 0 Å². The number of nitrogens with zero attached hydrogens (tertiary/aromatic N) is 1. The number of carbonyl (C=O) groups excluding carboxylic acids is 4. The molecule has 0 saturated heterocycles. The largest absolute Gasteiger partial charge is 0.508 e. The summed E-state index contributed by atoms with van der Waals surface area (Å²) < 4.78 is 4.73. The lowest BCUT2D eigenvalue weighted by Gasteiger charge is -2.53. The molecule has 5 rings (SSSR count). The van der Waals surface area contributed by atoms with Crippen molar-refractivity contribution in [2.24, 2.45) is 17.6 Å². The van der Waals surface area contributed by atoms with Crippen LogP contribution in [0.15, 0.2) is 59.4 Å². The molecule has 3 aliphatic rings. The number of primary amides is 1. The number of ketones is 2. The first-order valence-corrected chi connectivity index (χ1v) is 12.8. The molecule has 2 aromatic carbocycles. The van der Waals surface area contributed by atoms with Gasteiger partial charge in [-0.15, -0.1) is 0 Å². The van der Waals surface area contributed by atoms with Gasteiger partial charge in [-0.05, 0) is 49.0 Å². The summed E-state index contributed by atoms with van der Waals surface area (Å²) in [7, 11) is 4.10. The predicted octanol–water partition coefficient (Wildman–Crippen LogP) is 0.720. The van der Waals surface area contributed by atoms with Crippen LogP contribution in [-0.2, 0) is 19.1 Å². The molecule has 0 radical (unpaired) electrons. The van der Waals surface area contributed by atoms with Gasteiger partial charge in [0.25, 0.3) is 5.91 Å². The van der Waals surface area contributed by atoms with E-state index < -0.39 is 81.4 Å². The minimum Gasteiger partial charge on any atom is -0.508 e. The second-order valence-electron chi connectivity index (χ2n) is 10.6. The van der Waals surface area contributed by atoms with E-state index in [1.165, 1.54) is 50.4 Å². The van der Waals surface area contributed by atoms with Crippen molar-refractivity contribution in [3.8, 4) is 5.75 Å². The number of methoxy groups -OCH3 is 1. The van der Waals surface area contributed by atoms with Crippen molar-refractivity contribution in [3.05, 3.63) is 81.6 Å².